The first-order chi connectivity index (χ1) is 10.4. The van der Waals surface area contributed by atoms with E-state index in [0.29, 0.717) is 36.9 Å². The summed E-state index contributed by atoms with van der Waals surface area (Å²) in [6.45, 7) is 1.82. The zero-order chi connectivity index (χ0) is 15.7. The summed E-state index contributed by atoms with van der Waals surface area (Å²) in [6.07, 6.45) is -1.05. The van der Waals surface area contributed by atoms with Crippen molar-refractivity contribution in [3.63, 3.8) is 0 Å². The standard InChI is InChI=1S/C14H12ClF3N4/c15-12-2-1-9(5-19-12)7-22-4-3-11-10(8-22)6-20-13(21-11)14(16,17)18/h1-2,5-6H,3-4,7-8H2. The molecule has 8 heteroatoms. The Morgan fingerprint density at radius 3 is 2.68 bits per heavy atom. The monoisotopic (exact) mass is 328 g/mol. The minimum atomic E-state index is -4.50. The molecule has 0 atom stereocenters. The molecule has 0 bridgehead atoms. The number of nitrogens with zero attached hydrogens (tertiary/aromatic N) is 4. The summed E-state index contributed by atoms with van der Waals surface area (Å²) in [7, 11) is 0. The summed E-state index contributed by atoms with van der Waals surface area (Å²) >= 11 is 5.74. The fraction of sp³-hybridized carbons (Fsp3) is 0.357. The maximum absolute atomic E-state index is 12.6. The summed E-state index contributed by atoms with van der Waals surface area (Å²) in [4.78, 5) is 13.2. The highest BCUT2D eigenvalue weighted by atomic mass is 35.5. The molecule has 116 valence electrons. The first-order valence-corrected chi connectivity index (χ1v) is 7.04. The van der Waals surface area contributed by atoms with Gasteiger partial charge in [0.05, 0.1) is 5.69 Å². The number of alkyl halides is 3. The largest absolute Gasteiger partial charge is 0.451 e. The van der Waals surface area contributed by atoms with Crippen LogP contribution in [-0.2, 0) is 25.7 Å². The number of hydrogen-bond acceptors (Lipinski definition) is 4. The summed E-state index contributed by atoms with van der Waals surface area (Å²) in [5.41, 5.74) is 2.22. The lowest BCUT2D eigenvalue weighted by Crippen LogP contribution is -2.31. The minimum Gasteiger partial charge on any atom is -0.294 e. The fourth-order valence-corrected chi connectivity index (χ4v) is 2.52. The maximum Gasteiger partial charge on any atom is 0.451 e. The topological polar surface area (TPSA) is 41.9 Å². The Labute approximate surface area is 130 Å². The van der Waals surface area contributed by atoms with E-state index in [1.54, 1.807) is 12.3 Å². The zero-order valence-electron chi connectivity index (χ0n) is 11.4. The minimum absolute atomic E-state index is 0.431. The van der Waals surface area contributed by atoms with Crippen molar-refractivity contribution in [2.45, 2.75) is 25.7 Å². The van der Waals surface area contributed by atoms with Crippen LogP contribution in [0.2, 0.25) is 5.15 Å². The number of pyridine rings is 1. The van der Waals surface area contributed by atoms with E-state index in [2.05, 4.69) is 19.9 Å². The van der Waals surface area contributed by atoms with Gasteiger partial charge in [0.1, 0.15) is 5.15 Å². The van der Waals surface area contributed by atoms with Gasteiger partial charge in [-0.15, -0.1) is 0 Å². The molecule has 2 aromatic rings. The molecule has 0 N–H and O–H groups in total. The maximum atomic E-state index is 12.6. The Hall–Kier alpha value is -1.73. The van der Waals surface area contributed by atoms with Gasteiger partial charge >= 0.3 is 6.18 Å². The molecule has 0 aromatic carbocycles. The molecular weight excluding hydrogens is 317 g/mol. The zero-order valence-corrected chi connectivity index (χ0v) is 12.2. The van der Waals surface area contributed by atoms with Gasteiger partial charge in [0.25, 0.3) is 0 Å². The lowest BCUT2D eigenvalue weighted by Gasteiger charge is -2.28. The number of fused-ring (bicyclic) bond motifs is 1. The summed E-state index contributed by atoms with van der Waals surface area (Å²) in [5, 5.41) is 0.431. The molecule has 0 unspecified atom stereocenters. The van der Waals surface area contributed by atoms with E-state index in [1.807, 2.05) is 6.07 Å². The third kappa shape index (κ3) is 3.36. The molecule has 3 rings (SSSR count). The average molecular weight is 329 g/mol. The van der Waals surface area contributed by atoms with Gasteiger partial charge < -0.3 is 0 Å². The predicted molar refractivity (Wildman–Crippen MR) is 74.1 cm³/mol. The van der Waals surface area contributed by atoms with Crippen LogP contribution in [0.3, 0.4) is 0 Å². The van der Waals surface area contributed by atoms with Gasteiger partial charge in [-0.3, -0.25) is 4.90 Å². The lowest BCUT2D eigenvalue weighted by atomic mass is 10.1. The van der Waals surface area contributed by atoms with Crippen LogP contribution in [0.4, 0.5) is 13.2 Å². The van der Waals surface area contributed by atoms with E-state index in [9.17, 15) is 13.2 Å². The molecule has 0 spiro atoms. The first-order valence-electron chi connectivity index (χ1n) is 6.66. The highest BCUT2D eigenvalue weighted by Gasteiger charge is 2.35. The normalized spacial score (nSPS) is 15.6. The molecule has 0 saturated carbocycles. The molecule has 1 aliphatic rings. The second kappa shape index (κ2) is 5.81. The molecule has 3 heterocycles. The van der Waals surface area contributed by atoms with Gasteiger partial charge in [-0.2, -0.15) is 13.2 Å². The number of aromatic nitrogens is 3. The molecule has 0 amide bonds. The van der Waals surface area contributed by atoms with E-state index < -0.39 is 12.0 Å². The third-order valence-corrected chi connectivity index (χ3v) is 3.68. The smallest absolute Gasteiger partial charge is 0.294 e. The van der Waals surface area contributed by atoms with E-state index >= 15 is 0 Å². The fourth-order valence-electron chi connectivity index (χ4n) is 2.40. The van der Waals surface area contributed by atoms with E-state index in [-0.39, 0.29) is 0 Å². The number of hydrogen-bond donors (Lipinski definition) is 0. The van der Waals surface area contributed by atoms with E-state index in [0.717, 1.165) is 11.1 Å². The molecule has 1 aliphatic heterocycles. The van der Waals surface area contributed by atoms with Crippen LogP contribution in [0.15, 0.2) is 24.5 Å². The lowest BCUT2D eigenvalue weighted by molar-refractivity contribution is -0.145. The van der Waals surface area contributed by atoms with Crippen molar-refractivity contribution in [3.05, 3.63) is 52.3 Å². The number of rotatable bonds is 2. The van der Waals surface area contributed by atoms with Gasteiger partial charge in [-0.1, -0.05) is 17.7 Å². The molecule has 0 fully saturated rings. The Balaban J connectivity index is 1.73. The van der Waals surface area contributed by atoms with Gasteiger partial charge in [-0.25, -0.2) is 15.0 Å². The molecule has 22 heavy (non-hydrogen) atoms. The van der Waals surface area contributed by atoms with Crippen LogP contribution in [0.1, 0.15) is 22.6 Å². The Morgan fingerprint density at radius 2 is 2.00 bits per heavy atom. The summed E-state index contributed by atoms with van der Waals surface area (Å²) in [6, 6.07) is 3.60. The highest BCUT2D eigenvalue weighted by Crippen LogP contribution is 2.28. The van der Waals surface area contributed by atoms with E-state index in [4.69, 9.17) is 11.6 Å². The van der Waals surface area contributed by atoms with Crippen molar-refractivity contribution in [3.8, 4) is 0 Å². The molecule has 4 nitrogen and oxygen atoms in total. The molecule has 0 radical (unpaired) electrons. The van der Waals surface area contributed by atoms with Crippen molar-refractivity contribution >= 4 is 11.6 Å². The first kappa shape index (κ1) is 15.2. The van der Waals surface area contributed by atoms with Crippen molar-refractivity contribution in [1.82, 2.24) is 19.9 Å². The van der Waals surface area contributed by atoms with Gasteiger partial charge in [-0.05, 0) is 11.6 Å². The second-order valence-electron chi connectivity index (χ2n) is 5.11. The third-order valence-electron chi connectivity index (χ3n) is 3.46. The molecular formula is C14H12ClF3N4. The van der Waals surface area contributed by atoms with Crippen LogP contribution < -0.4 is 0 Å². The van der Waals surface area contributed by atoms with Crippen molar-refractivity contribution < 1.29 is 13.2 Å². The Kier molecular flexibility index (Phi) is 4.01. The van der Waals surface area contributed by atoms with Crippen molar-refractivity contribution in [2.24, 2.45) is 0 Å². The van der Waals surface area contributed by atoms with Crippen LogP contribution in [0.5, 0.6) is 0 Å². The van der Waals surface area contributed by atoms with Crippen LogP contribution >= 0.6 is 11.6 Å². The molecule has 0 saturated heterocycles. The van der Waals surface area contributed by atoms with Crippen LogP contribution in [0, 0.1) is 0 Å². The number of halogens is 4. The van der Waals surface area contributed by atoms with Gasteiger partial charge in [0, 0.05) is 44.0 Å². The van der Waals surface area contributed by atoms with Crippen molar-refractivity contribution in [1.29, 1.82) is 0 Å². The van der Waals surface area contributed by atoms with Crippen LogP contribution in [-0.4, -0.2) is 26.4 Å². The Morgan fingerprint density at radius 1 is 1.18 bits per heavy atom. The van der Waals surface area contributed by atoms with E-state index in [1.165, 1.54) is 6.20 Å². The van der Waals surface area contributed by atoms with Gasteiger partial charge in [0.15, 0.2) is 0 Å². The molecule has 2 aromatic heterocycles. The van der Waals surface area contributed by atoms with Gasteiger partial charge in [0.2, 0.25) is 5.82 Å². The highest BCUT2D eigenvalue weighted by molar-refractivity contribution is 6.29. The second-order valence-corrected chi connectivity index (χ2v) is 5.50. The summed E-state index contributed by atoms with van der Waals surface area (Å²) in [5.74, 6) is -1.07. The van der Waals surface area contributed by atoms with Crippen molar-refractivity contribution in [2.75, 3.05) is 6.54 Å². The van der Waals surface area contributed by atoms with Crippen LogP contribution in [0.25, 0.3) is 0 Å². The Bertz CT molecular complexity index is 673. The summed E-state index contributed by atoms with van der Waals surface area (Å²) < 4.78 is 37.8. The quantitative estimate of drug-likeness (QED) is 0.794. The average Bonchev–Trinajstić information content (AvgIpc) is 2.48. The molecule has 0 aliphatic carbocycles. The SMILES string of the molecule is FC(F)(F)c1ncc2c(n1)CCN(Cc1ccc(Cl)nc1)C2. The predicted octanol–water partition coefficient (Wildman–Crippen LogP) is 3.10.